The van der Waals surface area contributed by atoms with Gasteiger partial charge in [-0.25, -0.2) is 4.79 Å². The fraction of sp³-hybridized carbons (Fsp3) is 0.125. The fourth-order valence-corrected chi connectivity index (χ4v) is 1.19. The van der Waals surface area contributed by atoms with Gasteiger partial charge in [0.25, 0.3) is 0 Å². The van der Waals surface area contributed by atoms with Gasteiger partial charge in [-0.05, 0) is 18.2 Å². The molecule has 6 heteroatoms. The summed E-state index contributed by atoms with van der Waals surface area (Å²) >= 11 is 11.3. The highest BCUT2D eigenvalue weighted by Gasteiger charge is 2.04. The third-order valence-electron chi connectivity index (χ3n) is 1.25. The zero-order chi connectivity index (χ0) is 9.84. The molecule has 72 valence electrons. The summed E-state index contributed by atoms with van der Waals surface area (Å²) in [4.78, 5) is 10.2. The molecule has 1 aromatic carbocycles. The average molecular weight is 245 g/mol. The van der Waals surface area contributed by atoms with Crippen molar-refractivity contribution >= 4 is 52.2 Å². The third kappa shape index (κ3) is 4.37. The number of carboxylic acid groups (broad SMARTS) is 1. The van der Waals surface area contributed by atoms with Gasteiger partial charge in [-0.15, -0.1) is 0 Å². The molecule has 1 N–H and O–H groups in total. The van der Waals surface area contributed by atoms with E-state index in [1.54, 1.807) is 6.07 Å². The highest BCUT2D eigenvalue weighted by atomic mass is 35.5. The van der Waals surface area contributed by atoms with Crippen LogP contribution in [0.3, 0.4) is 0 Å². The molecule has 3 nitrogen and oxygen atoms in total. The molecule has 0 saturated heterocycles. The zero-order valence-electron chi connectivity index (χ0n) is 7.17. The molecule has 1 aromatic rings. The Balaban J connectivity index is 0.00000169. The maximum Gasteiger partial charge on any atom is 0.341 e. The smallest absolute Gasteiger partial charge is 0.341 e. The summed E-state index contributed by atoms with van der Waals surface area (Å²) in [5.74, 6) is -0.737. The molecule has 2 radical (unpaired) electrons. The van der Waals surface area contributed by atoms with Crippen molar-refractivity contribution in [3.05, 3.63) is 28.2 Å². The predicted molar refractivity (Wildman–Crippen MR) is 55.3 cm³/mol. The maximum atomic E-state index is 10.2. The van der Waals surface area contributed by atoms with E-state index in [4.69, 9.17) is 33.0 Å². The molecule has 0 heterocycles. The number of carbonyl (C=O) groups is 1. The minimum Gasteiger partial charge on any atom is -0.480 e. The molecule has 0 fully saturated rings. The third-order valence-corrected chi connectivity index (χ3v) is 1.78. The fourth-order valence-electron chi connectivity index (χ4n) is 0.732. The van der Waals surface area contributed by atoms with E-state index >= 15 is 0 Å². The molecule has 0 atom stereocenters. The van der Waals surface area contributed by atoms with Crippen LogP contribution >= 0.6 is 23.2 Å². The molecular weight excluding hydrogens is 239 g/mol. The molecule has 0 aliphatic heterocycles. The van der Waals surface area contributed by atoms with E-state index in [2.05, 4.69) is 0 Å². The van der Waals surface area contributed by atoms with Crippen LogP contribution in [0.4, 0.5) is 0 Å². The SMILES string of the molecule is O=C(O)COc1ccc(Cl)cc1Cl.[Mg]. The minimum atomic E-state index is -1.05. The van der Waals surface area contributed by atoms with Crippen molar-refractivity contribution in [1.82, 2.24) is 0 Å². The van der Waals surface area contributed by atoms with Crippen LogP contribution in [0.5, 0.6) is 5.75 Å². The standard InChI is InChI=1S/C8H6Cl2O3.Mg/c9-5-1-2-7(6(10)3-5)13-4-8(11)12;/h1-3H,4H2,(H,11,12);. The van der Waals surface area contributed by atoms with Crippen molar-refractivity contribution < 1.29 is 14.6 Å². The van der Waals surface area contributed by atoms with Gasteiger partial charge in [0.1, 0.15) is 5.75 Å². The van der Waals surface area contributed by atoms with Crippen LogP contribution in [0.2, 0.25) is 10.0 Å². The largest absolute Gasteiger partial charge is 0.480 e. The molecular formula is C8H6Cl2MgO3. The van der Waals surface area contributed by atoms with E-state index in [1.807, 2.05) is 0 Å². The second kappa shape index (κ2) is 6.34. The second-order valence-electron chi connectivity index (χ2n) is 2.26. The van der Waals surface area contributed by atoms with Gasteiger partial charge in [0, 0.05) is 28.1 Å². The molecule has 0 aliphatic rings. The van der Waals surface area contributed by atoms with Gasteiger partial charge in [0.15, 0.2) is 6.61 Å². The quantitative estimate of drug-likeness (QED) is 0.829. The molecule has 0 saturated carbocycles. The van der Waals surface area contributed by atoms with Crippen molar-refractivity contribution in [3.8, 4) is 5.75 Å². The van der Waals surface area contributed by atoms with Crippen molar-refractivity contribution in [1.29, 1.82) is 0 Å². The summed E-state index contributed by atoms with van der Waals surface area (Å²) in [5.41, 5.74) is 0. The molecule has 14 heavy (non-hydrogen) atoms. The monoisotopic (exact) mass is 244 g/mol. The topological polar surface area (TPSA) is 46.5 Å². The Labute approximate surface area is 107 Å². The lowest BCUT2D eigenvalue weighted by Gasteiger charge is -2.04. The summed E-state index contributed by atoms with van der Waals surface area (Å²) in [7, 11) is 0. The first-order chi connectivity index (χ1) is 6.09. The van der Waals surface area contributed by atoms with Gasteiger partial charge in [0.2, 0.25) is 0 Å². The van der Waals surface area contributed by atoms with E-state index < -0.39 is 12.6 Å². The van der Waals surface area contributed by atoms with E-state index in [1.165, 1.54) is 12.1 Å². The molecule has 1 rings (SSSR count). The Morgan fingerprint density at radius 3 is 2.57 bits per heavy atom. The van der Waals surface area contributed by atoms with E-state index in [0.29, 0.717) is 15.8 Å². The normalized spacial score (nSPS) is 9.00. The van der Waals surface area contributed by atoms with Crippen molar-refractivity contribution in [2.45, 2.75) is 0 Å². The average Bonchev–Trinajstić information content (AvgIpc) is 2.02. The highest BCUT2D eigenvalue weighted by molar-refractivity contribution is 6.35. The van der Waals surface area contributed by atoms with Gasteiger partial charge in [0.05, 0.1) is 5.02 Å². The number of carboxylic acids is 1. The Morgan fingerprint density at radius 1 is 1.43 bits per heavy atom. The van der Waals surface area contributed by atoms with Crippen LogP contribution in [0, 0.1) is 0 Å². The van der Waals surface area contributed by atoms with Gasteiger partial charge >= 0.3 is 5.97 Å². The van der Waals surface area contributed by atoms with Crippen LogP contribution in [0.1, 0.15) is 0 Å². The van der Waals surface area contributed by atoms with Crippen LogP contribution < -0.4 is 4.74 Å². The van der Waals surface area contributed by atoms with Crippen LogP contribution in [0.15, 0.2) is 18.2 Å². The number of rotatable bonds is 3. The Morgan fingerprint density at radius 2 is 2.07 bits per heavy atom. The van der Waals surface area contributed by atoms with E-state index in [9.17, 15) is 4.79 Å². The lowest BCUT2D eigenvalue weighted by molar-refractivity contribution is -0.139. The number of ether oxygens (including phenoxy) is 1. The van der Waals surface area contributed by atoms with Crippen molar-refractivity contribution in [3.63, 3.8) is 0 Å². The first-order valence-corrected chi connectivity index (χ1v) is 4.15. The van der Waals surface area contributed by atoms with Crippen LogP contribution in [-0.4, -0.2) is 40.7 Å². The first kappa shape index (κ1) is 13.8. The molecule has 0 bridgehead atoms. The Kier molecular flexibility index (Phi) is 6.27. The Bertz CT molecular complexity index is 330. The van der Waals surface area contributed by atoms with Gasteiger partial charge in [-0.3, -0.25) is 0 Å². The number of hydrogen-bond donors (Lipinski definition) is 1. The van der Waals surface area contributed by atoms with E-state index in [0.717, 1.165) is 0 Å². The highest BCUT2D eigenvalue weighted by Crippen LogP contribution is 2.27. The Hall–Kier alpha value is -0.164. The summed E-state index contributed by atoms with van der Waals surface area (Å²) in [6.07, 6.45) is 0. The minimum absolute atomic E-state index is 0. The number of aliphatic carboxylic acids is 1. The maximum absolute atomic E-state index is 10.2. The lowest BCUT2D eigenvalue weighted by atomic mass is 10.3. The summed E-state index contributed by atoms with van der Waals surface area (Å²) in [6.45, 7) is -0.415. The second-order valence-corrected chi connectivity index (χ2v) is 3.10. The number of hydrogen-bond acceptors (Lipinski definition) is 2. The zero-order valence-corrected chi connectivity index (χ0v) is 10.1. The van der Waals surface area contributed by atoms with Crippen LogP contribution in [0.25, 0.3) is 0 Å². The van der Waals surface area contributed by atoms with Gasteiger partial charge in [-0.2, -0.15) is 0 Å². The molecule has 0 spiro atoms. The summed E-state index contributed by atoms with van der Waals surface area (Å²) in [6, 6.07) is 4.58. The van der Waals surface area contributed by atoms with E-state index in [-0.39, 0.29) is 23.1 Å². The van der Waals surface area contributed by atoms with Crippen molar-refractivity contribution in [2.75, 3.05) is 6.61 Å². The summed E-state index contributed by atoms with van der Waals surface area (Å²) < 4.78 is 4.86. The molecule has 0 unspecified atom stereocenters. The molecule has 0 aromatic heterocycles. The molecule has 0 aliphatic carbocycles. The molecule has 0 amide bonds. The summed E-state index contributed by atoms with van der Waals surface area (Å²) in [5, 5.41) is 9.11. The number of benzene rings is 1. The lowest BCUT2D eigenvalue weighted by Crippen LogP contribution is -2.09. The van der Waals surface area contributed by atoms with Gasteiger partial charge < -0.3 is 9.84 Å². The van der Waals surface area contributed by atoms with Crippen molar-refractivity contribution in [2.24, 2.45) is 0 Å². The predicted octanol–water partition coefficient (Wildman–Crippen LogP) is 2.08. The van der Waals surface area contributed by atoms with Crippen LogP contribution in [-0.2, 0) is 4.79 Å². The number of halogens is 2. The first-order valence-electron chi connectivity index (χ1n) is 3.39. The van der Waals surface area contributed by atoms with Gasteiger partial charge in [-0.1, -0.05) is 23.2 Å².